The molecule has 1 fully saturated rings. The molecule has 0 unspecified atom stereocenters. The number of morpholine rings is 1. The molecule has 0 aromatic carbocycles. The number of alkyl halides is 1. The number of amides is 1. The van der Waals surface area contributed by atoms with Crippen molar-refractivity contribution in [2.75, 3.05) is 32.2 Å². The third kappa shape index (κ3) is 2.50. The van der Waals surface area contributed by atoms with Crippen LogP contribution in [0, 0.1) is 0 Å². The van der Waals surface area contributed by atoms with Crippen molar-refractivity contribution in [3.8, 4) is 0 Å². The quantitative estimate of drug-likeness (QED) is 0.482. The normalized spacial score (nSPS) is 18.1. The van der Waals surface area contributed by atoms with Gasteiger partial charge in [-0.3, -0.25) is 4.79 Å². The molecule has 1 amide bonds. The molecule has 68 valence electrons. The van der Waals surface area contributed by atoms with Crippen LogP contribution in [0.3, 0.4) is 0 Å². The van der Waals surface area contributed by atoms with E-state index in [4.69, 9.17) is 16.3 Å². The van der Waals surface area contributed by atoms with Gasteiger partial charge in [-0.05, 0) is 5.57 Å². The molecule has 0 spiro atoms. The van der Waals surface area contributed by atoms with E-state index in [-0.39, 0.29) is 12.5 Å². The molecule has 3 nitrogen and oxygen atoms in total. The van der Waals surface area contributed by atoms with Crippen LogP contribution in [-0.4, -0.2) is 43.0 Å². The SMILES string of the molecule is C=C(CCl)CN1CCOCC1=O. The van der Waals surface area contributed by atoms with Crippen LogP contribution >= 0.6 is 11.6 Å². The highest BCUT2D eigenvalue weighted by Crippen LogP contribution is 2.03. The maximum absolute atomic E-state index is 11.2. The molecule has 0 saturated carbocycles. The molecule has 12 heavy (non-hydrogen) atoms. The average molecular weight is 190 g/mol. The van der Waals surface area contributed by atoms with Crippen molar-refractivity contribution < 1.29 is 9.53 Å². The fourth-order valence-corrected chi connectivity index (χ4v) is 1.11. The second-order valence-corrected chi connectivity index (χ2v) is 3.02. The van der Waals surface area contributed by atoms with E-state index in [0.717, 1.165) is 5.57 Å². The molecule has 1 rings (SSSR count). The topological polar surface area (TPSA) is 29.5 Å². The standard InChI is InChI=1S/C8H12ClNO2/c1-7(4-9)5-10-2-3-12-6-8(10)11/h1-6H2. The summed E-state index contributed by atoms with van der Waals surface area (Å²) in [5.41, 5.74) is 0.868. The van der Waals surface area contributed by atoms with E-state index in [0.29, 0.717) is 25.6 Å². The third-order valence-corrected chi connectivity index (χ3v) is 2.07. The van der Waals surface area contributed by atoms with Gasteiger partial charge in [0.25, 0.3) is 0 Å². The minimum Gasteiger partial charge on any atom is -0.370 e. The Morgan fingerprint density at radius 2 is 2.50 bits per heavy atom. The van der Waals surface area contributed by atoms with Crippen molar-refractivity contribution in [3.05, 3.63) is 12.2 Å². The lowest BCUT2D eigenvalue weighted by atomic mass is 10.3. The first-order chi connectivity index (χ1) is 5.74. The minimum absolute atomic E-state index is 0.0208. The Morgan fingerprint density at radius 3 is 3.08 bits per heavy atom. The fraction of sp³-hybridized carbons (Fsp3) is 0.625. The lowest BCUT2D eigenvalue weighted by molar-refractivity contribution is -0.141. The second-order valence-electron chi connectivity index (χ2n) is 2.75. The summed E-state index contributed by atoms with van der Waals surface area (Å²) in [6.45, 7) is 5.75. The lowest BCUT2D eigenvalue weighted by Gasteiger charge is -2.26. The van der Waals surface area contributed by atoms with E-state index >= 15 is 0 Å². The van der Waals surface area contributed by atoms with E-state index in [1.54, 1.807) is 4.90 Å². The molecule has 0 aliphatic carbocycles. The van der Waals surface area contributed by atoms with Gasteiger partial charge in [-0.15, -0.1) is 11.6 Å². The number of carbonyl (C=O) groups is 1. The summed E-state index contributed by atoms with van der Waals surface area (Å²) in [7, 11) is 0. The van der Waals surface area contributed by atoms with Crippen LogP contribution in [0.15, 0.2) is 12.2 Å². The molecule has 0 N–H and O–H groups in total. The largest absolute Gasteiger partial charge is 0.370 e. The van der Waals surface area contributed by atoms with Gasteiger partial charge in [0.1, 0.15) is 6.61 Å². The van der Waals surface area contributed by atoms with Gasteiger partial charge in [0, 0.05) is 19.0 Å². The molecule has 4 heteroatoms. The Balaban J connectivity index is 2.39. The summed E-state index contributed by atoms with van der Waals surface area (Å²) in [4.78, 5) is 12.9. The molecule has 1 aliphatic rings. The molecule has 0 bridgehead atoms. The zero-order valence-electron chi connectivity index (χ0n) is 6.88. The number of hydrogen-bond acceptors (Lipinski definition) is 2. The number of ether oxygens (including phenoxy) is 1. The fourth-order valence-electron chi connectivity index (χ4n) is 1.03. The van der Waals surface area contributed by atoms with Gasteiger partial charge in [-0.2, -0.15) is 0 Å². The zero-order chi connectivity index (χ0) is 8.97. The van der Waals surface area contributed by atoms with E-state index < -0.39 is 0 Å². The summed E-state index contributed by atoms with van der Waals surface area (Å²) >= 11 is 5.55. The van der Waals surface area contributed by atoms with Crippen LogP contribution in [0.2, 0.25) is 0 Å². The monoisotopic (exact) mass is 189 g/mol. The van der Waals surface area contributed by atoms with Crippen LogP contribution in [0.4, 0.5) is 0 Å². The van der Waals surface area contributed by atoms with Crippen LogP contribution in [0.5, 0.6) is 0 Å². The van der Waals surface area contributed by atoms with Gasteiger partial charge >= 0.3 is 0 Å². The first kappa shape index (κ1) is 9.55. The number of hydrogen-bond donors (Lipinski definition) is 0. The molecule has 1 saturated heterocycles. The van der Waals surface area contributed by atoms with Crippen LogP contribution < -0.4 is 0 Å². The summed E-state index contributed by atoms with van der Waals surface area (Å²) < 4.78 is 4.97. The maximum Gasteiger partial charge on any atom is 0.248 e. The van der Waals surface area contributed by atoms with Crippen LogP contribution in [0.1, 0.15) is 0 Å². The smallest absolute Gasteiger partial charge is 0.248 e. The van der Waals surface area contributed by atoms with Crippen molar-refractivity contribution in [1.82, 2.24) is 4.90 Å². The Hall–Kier alpha value is -0.540. The molecule has 0 atom stereocenters. The molecule has 0 aromatic heterocycles. The van der Waals surface area contributed by atoms with E-state index in [1.807, 2.05) is 0 Å². The van der Waals surface area contributed by atoms with Gasteiger partial charge in [0.2, 0.25) is 5.91 Å². The summed E-state index contributed by atoms with van der Waals surface area (Å²) in [5, 5.41) is 0. The molecule has 1 aliphatic heterocycles. The van der Waals surface area contributed by atoms with Gasteiger partial charge in [-0.25, -0.2) is 0 Å². The lowest BCUT2D eigenvalue weighted by Crippen LogP contribution is -2.42. The van der Waals surface area contributed by atoms with Gasteiger partial charge in [0.05, 0.1) is 6.61 Å². The highest BCUT2D eigenvalue weighted by molar-refractivity contribution is 6.19. The predicted octanol–water partition coefficient (Wildman–Crippen LogP) is 0.640. The summed E-state index contributed by atoms with van der Waals surface area (Å²) in [5.74, 6) is 0.428. The van der Waals surface area contributed by atoms with Crippen molar-refractivity contribution in [2.45, 2.75) is 0 Å². The van der Waals surface area contributed by atoms with Gasteiger partial charge < -0.3 is 9.64 Å². The maximum atomic E-state index is 11.2. The summed E-state index contributed by atoms with van der Waals surface area (Å²) in [6, 6.07) is 0. The molecular formula is C8H12ClNO2. The highest BCUT2D eigenvalue weighted by atomic mass is 35.5. The van der Waals surface area contributed by atoms with Gasteiger partial charge in [0.15, 0.2) is 0 Å². The van der Waals surface area contributed by atoms with Crippen LogP contribution in [-0.2, 0) is 9.53 Å². The van der Waals surface area contributed by atoms with Crippen molar-refractivity contribution in [1.29, 1.82) is 0 Å². The first-order valence-corrected chi connectivity index (χ1v) is 4.35. The highest BCUT2D eigenvalue weighted by Gasteiger charge is 2.18. The minimum atomic E-state index is 0.0208. The average Bonchev–Trinajstić information content (AvgIpc) is 2.09. The van der Waals surface area contributed by atoms with E-state index in [9.17, 15) is 4.79 Å². The molecule has 1 heterocycles. The molecular weight excluding hydrogens is 178 g/mol. The Labute approximate surface area is 76.9 Å². The number of halogens is 1. The third-order valence-electron chi connectivity index (χ3n) is 1.69. The number of rotatable bonds is 3. The summed E-state index contributed by atoms with van der Waals surface area (Å²) in [6.07, 6.45) is 0. The number of carbonyl (C=O) groups excluding carboxylic acids is 1. The van der Waals surface area contributed by atoms with E-state index in [1.165, 1.54) is 0 Å². The number of nitrogens with zero attached hydrogens (tertiary/aromatic N) is 1. The van der Waals surface area contributed by atoms with Gasteiger partial charge in [-0.1, -0.05) is 6.58 Å². The Bertz CT molecular complexity index is 193. The molecule has 0 radical (unpaired) electrons. The van der Waals surface area contributed by atoms with E-state index in [2.05, 4.69) is 6.58 Å². The van der Waals surface area contributed by atoms with Crippen molar-refractivity contribution in [2.24, 2.45) is 0 Å². The Morgan fingerprint density at radius 1 is 1.75 bits per heavy atom. The zero-order valence-corrected chi connectivity index (χ0v) is 7.64. The van der Waals surface area contributed by atoms with Crippen molar-refractivity contribution in [3.63, 3.8) is 0 Å². The Kier molecular flexibility index (Phi) is 3.56. The predicted molar refractivity (Wildman–Crippen MR) is 47.3 cm³/mol. The molecule has 0 aromatic rings. The first-order valence-electron chi connectivity index (χ1n) is 3.82. The van der Waals surface area contributed by atoms with Crippen molar-refractivity contribution >= 4 is 17.5 Å². The second kappa shape index (κ2) is 4.48. The van der Waals surface area contributed by atoms with Crippen LogP contribution in [0.25, 0.3) is 0 Å².